The highest BCUT2D eigenvalue weighted by molar-refractivity contribution is 5.99. The molecule has 4 nitrogen and oxygen atoms in total. The van der Waals surface area contributed by atoms with Crippen molar-refractivity contribution in [2.24, 2.45) is 0 Å². The van der Waals surface area contributed by atoms with Gasteiger partial charge < -0.3 is 15.2 Å². The number of nitrogens with two attached hydrogens (primary N) is 1. The van der Waals surface area contributed by atoms with E-state index in [2.05, 4.69) is 6.92 Å². The molecule has 0 saturated carbocycles. The predicted octanol–water partition coefficient (Wildman–Crippen LogP) is 2.28. The van der Waals surface area contributed by atoms with Crippen LogP contribution in [-0.2, 0) is 4.74 Å². The standard InChI is InChI=1S/C13H19NO3/c1-3-6-16-7-8-17-11-4-5-12(10(2)15)13(14)9-11/h4-5,9H,3,6-8,14H2,1-2H3. The monoisotopic (exact) mass is 237 g/mol. The largest absolute Gasteiger partial charge is 0.491 e. The second-order valence-electron chi connectivity index (χ2n) is 3.77. The van der Waals surface area contributed by atoms with Crippen molar-refractivity contribution in [3.8, 4) is 5.75 Å². The summed E-state index contributed by atoms with van der Waals surface area (Å²) in [6.45, 7) is 5.34. The first-order valence-corrected chi connectivity index (χ1v) is 5.76. The molecule has 0 heterocycles. The zero-order valence-corrected chi connectivity index (χ0v) is 10.4. The molecule has 0 aromatic heterocycles. The first-order valence-electron chi connectivity index (χ1n) is 5.76. The van der Waals surface area contributed by atoms with Gasteiger partial charge in [0.2, 0.25) is 0 Å². The van der Waals surface area contributed by atoms with E-state index in [1.165, 1.54) is 6.92 Å². The van der Waals surface area contributed by atoms with E-state index in [0.717, 1.165) is 13.0 Å². The normalized spacial score (nSPS) is 10.2. The Morgan fingerprint density at radius 3 is 2.65 bits per heavy atom. The van der Waals surface area contributed by atoms with Crippen LogP contribution in [0.15, 0.2) is 18.2 Å². The van der Waals surface area contributed by atoms with Gasteiger partial charge in [-0.2, -0.15) is 0 Å². The van der Waals surface area contributed by atoms with E-state index in [0.29, 0.717) is 30.2 Å². The lowest BCUT2D eigenvalue weighted by Gasteiger charge is -2.08. The topological polar surface area (TPSA) is 61.5 Å². The van der Waals surface area contributed by atoms with Crippen LogP contribution in [0.2, 0.25) is 0 Å². The Labute approximate surface area is 102 Å². The van der Waals surface area contributed by atoms with Gasteiger partial charge in [0, 0.05) is 23.9 Å². The van der Waals surface area contributed by atoms with E-state index in [1.807, 2.05) is 0 Å². The Morgan fingerprint density at radius 1 is 1.29 bits per heavy atom. The summed E-state index contributed by atoms with van der Waals surface area (Å²) >= 11 is 0. The molecular formula is C13H19NO3. The van der Waals surface area contributed by atoms with Crippen molar-refractivity contribution >= 4 is 11.5 Å². The first kappa shape index (κ1) is 13.5. The van der Waals surface area contributed by atoms with Gasteiger partial charge >= 0.3 is 0 Å². The van der Waals surface area contributed by atoms with Gasteiger partial charge in [-0.3, -0.25) is 4.79 Å². The molecule has 1 rings (SSSR count). The number of benzene rings is 1. The lowest BCUT2D eigenvalue weighted by Crippen LogP contribution is -2.08. The third-order valence-corrected chi connectivity index (χ3v) is 2.25. The zero-order valence-electron chi connectivity index (χ0n) is 10.4. The van der Waals surface area contributed by atoms with Crippen molar-refractivity contribution < 1.29 is 14.3 Å². The molecule has 0 unspecified atom stereocenters. The third kappa shape index (κ3) is 4.44. The van der Waals surface area contributed by atoms with E-state index in [4.69, 9.17) is 15.2 Å². The molecule has 0 radical (unpaired) electrons. The summed E-state index contributed by atoms with van der Waals surface area (Å²) in [4.78, 5) is 11.2. The van der Waals surface area contributed by atoms with Gasteiger partial charge in [-0.25, -0.2) is 0 Å². The summed E-state index contributed by atoms with van der Waals surface area (Å²) in [5.74, 6) is 0.618. The fourth-order valence-corrected chi connectivity index (χ4v) is 1.42. The molecule has 1 aromatic rings. The van der Waals surface area contributed by atoms with E-state index in [1.54, 1.807) is 18.2 Å². The molecule has 0 aliphatic carbocycles. The second kappa shape index (κ2) is 6.91. The number of carbonyl (C=O) groups excluding carboxylic acids is 1. The SMILES string of the molecule is CCCOCCOc1ccc(C(C)=O)c(N)c1. The minimum atomic E-state index is -0.0414. The molecule has 17 heavy (non-hydrogen) atoms. The number of hydrogen-bond acceptors (Lipinski definition) is 4. The Bertz CT molecular complexity index is 377. The Hall–Kier alpha value is -1.55. The van der Waals surface area contributed by atoms with Gasteiger partial charge in [0.1, 0.15) is 12.4 Å². The number of rotatable bonds is 7. The Kier molecular flexibility index (Phi) is 5.49. The minimum absolute atomic E-state index is 0.0414. The summed E-state index contributed by atoms with van der Waals surface area (Å²) in [7, 11) is 0. The maximum Gasteiger partial charge on any atom is 0.161 e. The van der Waals surface area contributed by atoms with Crippen LogP contribution in [0.4, 0.5) is 5.69 Å². The zero-order chi connectivity index (χ0) is 12.7. The second-order valence-corrected chi connectivity index (χ2v) is 3.77. The van der Waals surface area contributed by atoms with Crippen LogP contribution >= 0.6 is 0 Å². The quantitative estimate of drug-likeness (QED) is 0.449. The fourth-order valence-electron chi connectivity index (χ4n) is 1.42. The van der Waals surface area contributed by atoms with Crippen LogP contribution in [0.25, 0.3) is 0 Å². The van der Waals surface area contributed by atoms with Crippen molar-refractivity contribution in [1.29, 1.82) is 0 Å². The van der Waals surface area contributed by atoms with Gasteiger partial charge in [-0.15, -0.1) is 0 Å². The van der Waals surface area contributed by atoms with Crippen LogP contribution in [0, 0.1) is 0 Å². The van der Waals surface area contributed by atoms with Gasteiger partial charge in [0.15, 0.2) is 5.78 Å². The van der Waals surface area contributed by atoms with E-state index < -0.39 is 0 Å². The lowest BCUT2D eigenvalue weighted by molar-refractivity contribution is 0.100. The van der Waals surface area contributed by atoms with Crippen molar-refractivity contribution in [3.05, 3.63) is 23.8 Å². The lowest BCUT2D eigenvalue weighted by atomic mass is 10.1. The molecule has 0 bridgehead atoms. The highest BCUT2D eigenvalue weighted by atomic mass is 16.5. The van der Waals surface area contributed by atoms with Gasteiger partial charge in [0.25, 0.3) is 0 Å². The molecule has 0 aliphatic rings. The van der Waals surface area contributed by atoms with Crippen molar-refractivity contribution in [1.82, 2.24) is 0 Å². The van der Waals surface area contributed by atoms with Crippen LogP contribution in [0.1, 0.15) is 30.6 Å². The summed E-state index contributed by atoms with van der Waals surface area (Å²) in [5, 5.41) is 0. The number of ether oxygens (including phenoxy) is 2. The van der Waals surface area contributed by atoms with Crippen LogP contribution in [0.5, 0.6) is 5.75 Å². The Balaban J connectivity index is 2.45. The molecule has 0 saturated heterocycles. The molecule has 0 fully saturated rings. The van der Waals surface area contributed by atoms with Gasteiger partial charge in [-0.1, -0.05) is 6.92 Å². The molecule has 2 N–H and O–H groups in total. The van der Waals surface area contributed by atoms with E-state index in [9.17, 15) is 4.79 Å². The Morgan fingerprint density at radius 2 is 2.06 bits per heavy atom. The smallest absolute Gasteiger partial charge is 0.161 e. The van der Waals surface area contributed by atoms with E-state index >= 15 is 0 Å². The number of anilines is 1. The molecule has 0 amide bonds. The number of Topliss-reactive ketones (excluding diaryl/α,β-unsaturated/α-hetero) is 1. The summed E-state index contributed by atoms with van der Waals surface area (Å²) in [6.07, 6.45) is 1.00. The molecule has 0 spiro atoms. The minimum Gasteiger partial charge on any atom is -0.491 e. The van der Waals surface area contributed by atoms with Gasteiger partial charge in [-0.05, 0) is 25.5 Å². The first-order chi connectivity index (χ1) is 8.15. The van der Waals surface area contributed by atoms with E-state index in [-0.39, 0.29) is 5.78 Å². The average molecular weight is 237 g/mol. The molecule has 1 aromatic carbocycles. The number of nitrogen functional groups attached to an aromatic ring is 1. The highest BCUT2D eigenvalue weighted by Gasteiger charge is 2.05. The third-order valence-electron chi connectivity index (χ3n) is 2.25. The maximum absolute atomic E-state index is 11.2. The molecule has 0 aliphatic heterocycles. The van der Waals surface area contributed by atoms with Crippen molar-refractivity contribution in [2.75, 3.05) is 25.6 Å². The molecule has 0 atom stereocenters. The number of carbonyl (C=O) groups is 1. The molecule has 94 valence electrons. The van der Waals surface area contributed by atoms with Gasteiger partial charge in [0.05, 0.1) is 6.61 Å². The summed E-state index contributed by atoms with van der Waals surface area (Å²) < 4.78 is 10.7. The molecular weight excluding hydrogens is 218 g/mol. The van der Waals surface area contributed by atoms with Crippen LogP contribution in [-0.4, -0.2) is 25.6 Å². The fraction of sp³-hybridized carbons (Fsp3) is 0.462. The van der Waals surface area contributed by atoms with Crippen LogP contribution < -0.4 is 10.5 Å². The average Bonchev–Trinajstić information content (AvgIpc) is 2.28. The van der Waals surface area contributed by atoms with Crippen molar-refractivity contribution in [2.45, 2.75) is 20.3 Å². The molecule has 4 heteroatoms. The highest BCUT2D eigenvalue weighted by Crippen LogP contribution is 2.20. The van der Waals surface area contributed by atoms with Crippen molar-refractivity contribution in [3.63, 3.8) is 0 Å². The van der Waals surface area contributed by atoms with Crippen LogP contribution in [0.3, 0.4) is 0 Å². The summed E-state index contributed by atoms with van der Waals surface area (Å²) in [5.41, 5.74) is 6.72. The predicted molar refractivity (Wildman–Crippen MR) is 67.5 cm³/mol. The summed E-state index contributed by atoms with van der Waals surface area (Å²) in [6, 6.07) is 5.09. The number of ketones is 1. The number of hydrogen-bond donors (Lipinski definition) is 1. The maximum atomic E-state index is 11.2.